The molecule has 0 unspecified atom stereocenters. The first-order valence-electron chi connectivity index (χ1n) is 11.6. The molecular weight excluding hydrogens is 459 g/mol. The molecule has 0 radical (unpaired) electrons. The van der Waals surface area contributed by atoms with Gasteiger partial charge in [-0.15, -0.1) is 0 Å². The van der Waals surface area contributed by atoms with E-state index in [0.717, 1.165) is 31.5 Å². The third kappa shape index (κ3) is 5.89. The first kappa shape index (κ1) is 24.1. The Labute approximate surface area is 205 Å². The topological polar surface area (TPSA) is 49.9 Å². The van der Waals surface area contributed by atoms with E-state index in [2.05, 4.69) is 4.90 Å². The van der Waals surface area contributed by atoms with E-state index < -0.39 is 0 Å². The highest BCUT2D eigenvalue weighted by molar-refractivity contribution is 6.42. The Kier molecular flexibility index (Phi) is 7.94. The quantitative estimate of drug-likeness (QED) is 0.521. The molecule has 5 nitrogen and oxygen atoms in total. The smallest absolute Gasteiger partial charge is 0.338 e. The van der Waals surface area contributed by atoms with Gasteiger partial charge in [0, 0.05) is 19.5 Å². The lowest BCUT2D eigenvalue weighted by Gasteiger charge is -2.44. The van der Waals surface area contributed by atoms with Gasteiger partial charge in [0.2, 0.25) is 5.91 Å². The fourth-order valence-corrected chi connectivity index (χ4v) is 5.36. The van der Waals surface area contributed by atoms with Crippen molar-refractivity contribution in [2.45, 2.75) is 56.7 Å². The second-order valence-corrected chi connectivity index (χ2v) is 9.83. The number of carbonyl (C=O) groups is 2. The molecule has 0 bridgehead atoms. The maximum Gasteiger partial charge on any atom is 0.338 e. The van der Waals surface area contributed by atoms with Gasteiger partial charge in [-0.3, -0.25) is 9.69 Å². The van der Waals surface area contributed by atoms with E-state index in [9.17, 15) is 9.59 Å². The van der Waals surface area contributed by atoms with Crippen molar-refractivity contribution in [2.24, 2.45) is 0 Å². The van der Waals surface area contributed by atoms with Crippen LogP contribution in [0.4, 0.5) is 0 Å². The van der Waals surface area contributed by atoms with Crippen LogP contribution in [0.25, 0.3) is 0 Å². The van der Waals surface area contributed by atoms with Crippen LogP contribution in [0.2, 0.25) is 10.0 Å². The van der Waals surface area contributed by atoms with Crippen LogP contribution in [0.15, 0.2) is 48.5 Å². The zero-order valence-electron chi connectivity index (χ0n) is 18.9. The molecule has 0 spiro atoms. The summed E-state index contributed by atoms with van der Waals surface area (Å²) in [5.74, 6) is -0.276. The molecule has 2 aromatic carbocycles. The number of likely N-dealkylation sites (tertiary alicyclic amines) is 1. The van der Waals surface area contributed by atoms with Gasteiger partial charge >= 0.3 is 5.97 Å². The normalized spacial score (nSPS) is 23.3. The summed E-state index contributed by atoms with van der Waals surface area (Å²) in [7, 11) is 1.87. The van der Waals surface area contributed by atoms with E-state index in [-0.39, 0.29) is 36.5 Å². The van der Waals surface area contributed by atoms with Crippen molar-refractivity contribution in [2.75, 3.05) is 20.1 Å². The van der Waals surface area contributed by atoms with Crippen molar-refractivity contribution in [1.82, 2.24) is 9.80 Å². The fraction of sp³-hybridized carbons (Fsp3) is 0.462. The molecule has 2 aliphatic rings. The Bertz CT molecular complexity index is 979. The Morgan fingerprint density at radius 2 is 1.76 bits per heavy atom. The molecule has 7 heteroatoms. The number of amides is 1. The number of rotatable bonds is 6. The van der Waals surface area contributed by atoms with Crippen LogP contribution in [0.1, 0.15) is 48.0 Å². The number of esters is 1. The van der Waals surface area contributed by atoms with Crippen molar-refractivity contribution in [3.05, 3.63) is 69.7 Å². The van der Waals surface area contributed by atoms with E-state index in [4.69, 9.17) is 27.9 Å². The molecule has 1 saturated carbocycles. The lowest BCUT2D eigenvalue weighted by molar-refractivity contribution is -0.134. The molecule has 1 heterocycles. The van der Waals surface area contributed by atoms with Gasteiger partial charge in [0.1, 0.15) is 6.10 Å². The van der Waals surface area contributed by atoms with E-state index in [1.54, 1.807) is 24.3 Å². The molecular formula is C26H30Cl2N2O3. The first-order valence-corrected chi connectivity index (χ1v) is 12.4. The summed E-state index contributed by atoms with van der Waals surface area (Å²) >= 11 is 12.2. The third-order valence-corrected chi connectivity index (χ3v) is 7.60. The largest absolute Gasteiger partial charge is 0.459 e. The summed E-state index contributed by atoms with van der Waals surface area (Å²) in [5, 5.41) is 0.927. The number of halogens is 2. The number of likely N-dealkylation sites (N-methyl/N-ethyl adjacent to an activating group) is 1. The minimum Gasteiger partial charge on any atom is -0.459 e. The van der Waals surface area contributed by atoms with Crippen LogP contribution < -0.4 is 0 Å². The Balaban J connectivity index is 1.47. The molecule has 1 aliphatic carbocycles. The number of carbonyl (C=O) groups excluding carboxylic acids is 2. The third-order valence-electron chi connectivity index (χ3n) is 6.86. The van der Waals surface area contributed by atoms with Crippen molar-refractivity contribution >= 4 is 35.1 Å². The summed E-state index contributed by atoms with van der Waals surface area (Å²) in [6.45, 7) is 2.12. The minimum atomic E-state index is -0.302. The molecule has 1 saturated heterocycles. The maximum atomic E-state index is 13.2. The molecule has 0 N–H and O–H groups in total. The number of hydrogen-bond donors (Lipinski definition) is 0. The summed E-state index contributed by atoms with van der Waals surface area (Å²) < 4.78 is 5.87. The molecule has 33 heavy (non-hydrogen) atoms. The van der Waals surface area contributed by atoms with E-state index in [1.807, 2.05) is 36.2 Å². The van der Waals surface area contributed by atoms with Crippen LogP contribution in [0, 0.1) is 0 Å². The molecule has 0 aromatic heterocycles. The van der Waals surface area contributed by atoms with Crippen LogP contribution in [-0.2, 0) is 16.0 Å². The standard InChI is InChI=1S/C26H30Cl2N2O3/c1-29(25(31)16-18-9-11-21(27)22(28)15-18)24-17-20(10-12-23(24)30-13-5-6-14-30)33-26(32)19-7-3-2-4-8-19/h2-4,7-9,11,15,20,23-24H,5-6,10,12-14,16-17H2,1H3/t20-,23-,24-/m1/s1. The van der Waals surface area contributed by atoms with Crippen LogP contribution >= 0.6 is 23.2 Å². The van der Waals surface area contributed by atoms with E-state index >= 15 is 0 Å². The van der Waals surface area contributed by atoms with Crippen LogP contribution in [0.3, 0.4) is 0 Å². The number of ether oxygens (including phenoxy) is 1. The first-order chi connectivity index (χ1) is 15.9. The minimum absolute atomic E-state index is 0.0132. The molecule has 1 amide bonds. The van der Waals surface area contributed by atoms with Gasteiger partial charge in [-0.05, 0) is 68.6 Å². The molecule has 3 atom stereocenters. The number of nitrogens with zero attached hydrogens (tertiary/aromatic N) is 2. The Morgan fingerprint density at radius 3 is 2.45 bits per heavy atom. The van der Waals surface area contributed by atoms with E-state index in [1.165, 1.54) is 12.8 Å². The SMILES string of the molecule is CN(C(=O)Cc1ccc(Cl)c(Cl)c1)[C@@H]1C[C@H](OC(=O)c2ccccc2)CC[C@H]1N1CCCC1. The van der Waals surface area contributed by atoms with Crippen LogP contribution in [-0.4, -0.2) is 60.0 Å². The van der Waals surface area contributed by atoms with Gasteiger partial charge in [0.15, 0.2) is 0 Å². The zero-order chi connectivity index (χ0) is 23.4. The fourth-order valence-electron chi connectivity index (χ4n) is 5.04. The van der Waals surface area contributed by atoms with Crippen molar-refractivity contribution in [1.29, 1.82) is 0 Å². The second kappa shape index (κ2) is 10.9. The molecule has 4 rings (SSSR count). The average molecular weight is 489 g/mol. The zero-order valence-corrected chi connectivity index (χ0v) is 20.4. The molecule has 176 valence electrons. The van der Waals surface area contributed by atoms with Gasteiger partial charge < -0.3 is 9.64 Å². The predicted molar refractivity (Wildman–Crippen MR) is 131 cm³/mol. The maximum absolute atomic E-state index is 13.2. The molecule has 1 aliphatic heterocycles. The highest BCUT2D eigenvalue weighted by Crippen LogP contribution is 2.32. The second-order valence-electron chi connectivity index (χ2n) is 9.01. The summed E-state index contributed by atoms with van der Waals surface area (Å²) in [5.41, 5.74) is 1.39. The Hall–Kier alpha value is -2.08. The van der Waals surface area contributed by atoms with Crippen LogP contribution in [0.5, 0.6) is 0 Å². The number of benzene rings is 2. The molecule has 2 aromatic rings. The van der Waals surface area contributed by atoms with Gasteiger partial charge in [0.05, 0.1) is 28.1 Å². The predicted octanol–water partition coefficient (Wildman–Crippen LogP) is 5.24. The lowest BCUT2D eigenvalue weighted by atomic mass is 9.86. The summed E-state index contributed by atoms with van der Waals surface area (Å²) in [6.07, 6.45) is 4.79. The average Bonchev–Trinajstić information content (AvgIpc) is 3.36. The monoisotopic (exact) mass is 488 g/mol. The lowest BCUT2D eigenvalue weighted by Crippen LogP contribution is -2.56. The van der Waals surface area contributed by atoms with Gasteiger partial charge in [0.25, 0.3) is 0 Å². The Morgan fingerprint density at radius 1 is 1.03 bits per heavy atom. The van der Waals surface area contributed by atoms with Gasteiger partial charge in [-0.1, -0.05) is 47.5 Å². The van der Waals surface area contributed by atoms with E-state index in [0.29, 0.717) is 22.0 Å². The summed E-state index contributed by atoms with van der Waals surface area (Å²) in [4.78, 5) is 30.2. The van der Waals surface area contributed by atoms with Crippen molar-refractivity contribution in [3.8, 4) is 0 Å². The van der Waals surface area contributed by atoms with Crippen molar-refractivity contribution in [3.63, 3.8) is 0 Å². The summed E-state index contributed by atoms with van der Waals surface area (Å²) in [6, 6.07) is 14.6. The highest BCUT2D eigenvalue weighted by atomic mass is 35.5. The highest BCUT2D eigenvalue weighted by Gasteiger charge is 2.40. The van der Waals surface area contributed by atoms with Gasteiger partial charge in [-0.2, -0.15) is 0 Å². The number of hydrogen-bond acceptors (Lipinski definition) is 4. The van der Waals surface area contributed by atoms with Crippen molar-refractivity contribution < 1.29 is 14.3 Å². The van der Waals surface area contributed by atoms with Gasteiger partial charge in [-0.25, -0.2) is 4.79 Å². The molecule has 2 fully saturated rings.